The first-order chi connectivity index (χ1) is 9.17. The van der Waals surface area contributed by atoms with Gasteiger partial charge in [0.15, 0.2) is 0 Å². The van der Waals surface area contributed by atoms with Crippen LogP contribution in [0.4, 0.5) is 0 Å². The monoisotopic (exact) mass is 259 g/mol. The molecule has 0 fully saturated rings. The highest BCUT2D eigenvalue weighted by Crippen LogP contribution is 2.27. The molecule has 2 nitrogen and oxygen atoms in total. The molecular weight excluding hydrogens is 234 g/mol. The summed E-state index contributed by atoms with van der Waals surface area (Å²) in [7, 11) is 0. The highest BCUT2D eigenvalue weighted by molar-refractivity contribution is 5.85. The summed E-state index contributed by atoms with van der Waals surface area (Å²) in [5.74, 6) is 0.560. The molecule has 1 aromatic heterocycles. The van der Waals surface area contributed by atoms with Gasteiger partial charge in [-0.25, -0.2) is 0 Å². The number of rotatable bonds is 6. The van der Waals surface area contributed by atoms with Crippen LogP contribution in [0.3, 0.4) is 0 Å². The van der Waals surface area contributed by atoms with Crippen LogP contribution in [0.2, 0.25) is 0 Å². The number of aliphatic hydroxyl groups is 1. The molecule has 2 rings (SSSR count). The van der Waals surface area contributed by atoms with E-state index in [1.165, 1.54) is 34.9 Å². The van der Waals surface area contributed by atoms with Gasteiger partial charge in [0.1, 0.15) is 0 Å². The van der Waals surface area contributed by atoms with E-state index < -0.39 is 0 Å². The van der Waals surface area contributed by atoms with Gasteiger partial charge in [0.05, 0.1) is 6.61 Å². The average molecular weight is 259 g/mol. The Morgan fingerprint density at radius 3 is 2.68 bits per heavy atom. The molecule has 2 aromatic rings. The highest BCUT2D eigenvalue weighted by Gasteiger charge is 2.10. The number of aliphatic hydroxyl groups excluding tert-OH is 1. The van der Waals surface area contributed by atoms with Gasteiger partial charge in [-0.1, -0.05) is 33.3 Å². The average Bonchev–Trinajstić information content (AvgIpc) is 2.74. The fourth-order valence-corrected chi connectivity index (χ4v) is 2.61. The number of nitrogens with zero attached hydrogens (tertiary/aromatic N) is 1. The molecule has 1 heterocycles. The van der Waals surface area contributed by atoms with Crippen molar-refractivity contribution in [1.29, 1.82) is 0 Å². The van der Waals surface area contributed by atoms with Gasteiger partial charge in [0.2, 0.25) is 0 Å². The number of aryl methyl sites for hydroxylation is 1. The third kappa shape index (κ3) is 3.01. The van der Waals surface area contributed by atoms with E-state index in [1.54, 1.807) is 0 Å². The third-order valence-corrected chi connectivity index (χ3v) is 3.79. The van der Waals surface area contributed by atoms with Crippen molar-refractivity contribution in [3.63, 3.8) is 0 Å². The SMILES string of the molecule is CCCCc1cn(CCO)c2ccc(C(C)C)cc12. The van der Waals surface area contributed by atoms with E-state index in [-0.39, 0.29) is 6.61 Å². The predicted octanol–water partition coefficient (Wildman–Crippen LogP) is 4.10. The molecule has 0 aliphatic rings. The van der Waals surface area contributed by atoms with Crippen molar-refractivity contribution < 1.29 is 5.11 Å². The lowest BCUT2D eigenvalue weighted by Gasteiger charge is -2.07. The maximum Gasteiger partial charge on any atom is 0.0610 e. The Balaban J connectivity index is 2.48. The summed E-state index contributed by atoms with van der Waals surface area (Å²) in [6.45, 7) is 7.58. The summed E-state index contributed by atoms with van der Waals surface area (Å²) in [5, 5.41) is 10.6. The molecule has 0 saturated carbocycles. The lowest BCUT2D eigenvalue weighted by atomic mass is 9.99. The molecule has 0 atom stereocenters. The molecule has 104 valence electrons. The molecule has 0 unspecified atom stereocenters. The minimum atomic E-state index is 0.197. The molecule has 19 heavy (non-hydrogen) atoms. The number of aromatic nitrogens is 1. The summed E-state index contributed by atoms with van der Waals surface area (Å²) in [6, 6.07) is 6.75. The van der Waals surface area contributed by atoms with Crippen LogP contribution < -0.4 is 0 Å². The standard InChI is InChI=1S/C17H25NO/c1-4-5-6-15-12-18(9-10-19)17-8-7-14(13(2)3)11-16(15)17/h7-8,11-13,19H,4-6,9-10H2,1-3H3. The lowest BCUT2D eigenvalue weighted by molar-refractivity contribution is 0.278. The van der Waals surface area contributed by atoms with Gasteiger partial charge in [0, 0.05) is 23.6 Å². The van der Waals surface area contributed by atoms with E-state index in [4.69, 9.17) is 0 Å². The molecule has 0 bridgehead atoms. The van der Waals surface area contributed by atoms with Gasteiger partial charge in [-0.2, -0.15) is 0 Å². The zero-order chi connectivity index (χ0) is 13.8. The second-order valence-electron chi connectivity index (χ2n) is 5.61. The van der Waals surface area contributed by atoms with Gasteiger partial charge in [0.25, 0.3) is 0 Å². The fourth-order valence-electron chi connectivity index (χ4n) is 2.61. The van der Waals surface area contributed by atoms with Crippen LogP contribution in [0.15, 0.2) is 24.4 Å². The van der Waals surface area contributed by atoms with Gasteiger partial charge < -0.3 is 9.67 Å². The summed E-state index contributed by atoms with van der Waals surface area (Å²) >= 11 is 0. The smallest absolute Gasteiger partial charge is 0.0610 e. The summed E-state index contributed by atoms with van der Waals surface area (Å²) in [4.78, 5) is 0. The van der Waals surface area contributed by atoms with Crippen LogP contribution in [0.5, 0.6) is 0 Å². The number of benzene rings is 1. The van der Waals surface area contributed by atoms with Crippen LogP contribution in [-0.4, -0.2) is 16.3 Å². The van der Waals surface area contributed by atoms with E-state index in [1.807, 2.05) is 0 Å². The first-order valence-electron chi connectivity index (χ1n) is 7.40. The molecule has 2 heteroatoms. The molecule has 1 aromatic carbocycles. The maximum atomic E-state index is 9.19. The normalized spacial score (nSPS) is 11.6. The van der Waals surface area contributed by atoms with E-state index in [0.29, 0.717) is 12.5 Å². The van der Waals surface area contributed by atoms with Crippen molar-refractivity contribution in [2.24, 2.45) is 0 Å². The number of hydrogen-bond acceptors (Lipinski definition) is 1. The number of unbranched alkanes of at least 4 members (excludes halogenated alkanes) is 1. The Labute approximate surface area is 116 Å². The lowest BCUT2D eigenvalue weighted by Crippen LogP contribution is -2.00. The quantitative estimate of drug-likeness (QED) is 0.830. The second-order valence-corrected chi connectivity index (χ2v) is 5.61. The molecule has 0 radical (unpaired) electrons. The van der Waals surface area contributed by atoms with Gasteiger partial charge in [-0.15, -0.1) is 0 Å². The van der Waals surface area contributed by atoms with Crippen molar-refractivity contribution in [1.82, 2.24) is 4.57 Å². The topological polar surface area (TPSA) is 25.2 Å². The zero-order valence-electron chi connectivity index (χ0n) is 12.3. The molecule has 0 spiro atoms. The predicted molar refractivity (Wildman–Crippen MR) is 81.7 cm³/mol. The van der Waals surface area contributed by atoms with Gasteiger partial charge in [-0.3, -0.25) is 0 Å². The summed E-state index contributed by atoms with van der Waals surface area (Å²) < 4.78 is 2.18. The minimum Gasteiger partial charge on any atom is -0.395 e. The van der Waals surface area contributed by atoms with Gasteiger partial charge >= 0.3 is 0 Å². The highest BCUT2D eigenvalue weighted by atomic mass is 16.3. The van der Waals surface area contributed by atoms with E-state index in [2.05, 4.69) is 49.7 Å². The van der Waals surface area contributed by atoms with E-state index >= 15 is 0 Å². The Kier molecular flexibility index (Phi) is 4.65. The largest absolute Gasteiger partial charge is 0.395 e. The van der Waals surface area contributed by atoms with Crippen molar-refractivity contribution in [3.05, 3.63) is 35.5 Å². The van der Waals surface area contributed by atoms with Crippen LogP contribution >= 0.6 is 0 Å². The number of fused-ring (bicyclic) bond motifs is 1. The van der Waals surface area contributed by atoms with Crippen LogP contribution in [-0.2, 0) is 13.0 Å². The van der Waals surface area contributed by atoms with Crippen molar-refractivity contribution >= 4 is 10.9 Å². The first kappa shape index (κ1) is 14.1. The summed E-state index contributed by atoms with van der Waals surface area (Å²) in [6.07, 6.45) is 5.80. The molecule has 0 aliphatic heterocycles. The van der Waals surface area contributed by atoms with Gasteiger partial charge in [-0.05, 0) is 42.0 Å². The Bertz CT molecular complexity index is 539. The van der Waals surface area contributed by atoms with Crippen molar-refractivity contribution in [2.45, 2.75) is 52.5 Å². The van der Waals surface area contributed by atoms with Crippen molar-refractivity contribution in [3.8, 4) is 0 Å². The van der Waals surface area contributed by atoms with E-state index in [0.717, 1.165) is 6.42 Å². The minimum absolute atomic E-state index is 0.197. The number of hydrogen-bond donors (Lipinski definition) is 1. The third-order valence-electron chi connectivity index (χ3n) is 3.79. The fraction of sp³-hybridized carbons (Fsp3) is 0.529. The zero-order valence-corrected chi connectivity index (χ0v) is 12.3. The van der Waals surface area contributed by atoms with Crippen LogP contribution in [0.1, 0.15) is 50.7 Å². The molecule has 0 saturated heterocycles. The Morgan fingerprint density at radius 1 is 1.26 bits per heavy atom. The molecule has 0 amide bonds. The molecular formula is C17H25NO. The molecule has 1 N–H and O–H groups in total. The van der Waals surface area contributed by atoms with E-state index in [9.17, 15) is 5.11 Å². The second kappa shape index (κ2) is 6.25. The van der Waals surface area contributed by atoms with Crippen molar-refractivity contribution in [2.75, 3.05) is 6.61 Å². The van der Waals surface area contributed by atoms with Crippen LogP contribution in [0, 0.1) is 0 Å². The first-order valence-corrected chi connectivity index (χ1v) is 7.40. The summed E-state index contributed by atoms with van der Waals surface area (Å²) in [5.41, 5.74) is 4.07. The van der Waals surface area contributed by atoms with Crippen LogP contribution in [0.25, 0.3) is 10.9 Å². The Hall–Kier alpha value is -1.28. The molecule has 0 aliphatic carbocycles. The Morgan fingerprint density at radius 2 is 2.05 bits per heavy atom. The maximum absolute atomic E-state index is 9.19.